The average Bonchev–Trinajstić information content (AvgIpc) is 3.45. The van der Waals surface area contributed by atoms with Crippen LogP contribution >= 0.6 is 11.6 Å². The van der Waals surface area contributed by atoms with Crippen molar-refractivity contribution >= 4 is 29.3 Å². The Morgan fingerprint density at radius 1 is 1.21 bits per heavy atom. The van der Waals surface area contributed by atoms with Crippen molar-refractivity contribution in [2.75, 3.05) is 13.1 Å². The van der Waals surface area contributed by atoms with E-state index in [0.717, 1.165) is 31.2 Å². The maximum absolute atomic E-state index is 13.2. The number of hydrogen-bond acceptors (Lipinski definition) is 4. The molecule has 1 aliphatic carbocycles. The Kier molecular flexibility index (Phi) is 6.74. The van der Waals surface area contributed by atoms with Crippen molar-refractivity contribution in [2.45, 2.75) is 64.1 Å². The maximum atomic E-state index is 13.2. The molecule has 2 N–H and O–H groups in total. The third kappa shape index (κ3) is 4.76. The fraction of sp³-hybridized carbons (Fsp3) is 0.500. The normalized spacial score (nSPS) is 20.6. The van der Waals surface area contributed by atoms with Gasteiger partial charge >= 0.3 is 0 Å². The first-order chi connectivity index (χ1) is 15.8. The monoisotopic (exact) mass is 471 g/mol. The minimum absolute atomic E-state index is 0.157. The number of hydrogen-bond donors (Lipinski definition) is 2. The Balaban J connectivity index is 1.45. The van der Waals surface area contributed by atoms with Crippen LogP contribution < -0.4 is 10.6 Å². The van der Waals surface area contributed by atoms with Crippen molar-refractivity contribution in [3.05, 3.63) is 52.3 Å². The van der Waals surface area contributed by atoms with Gasteiger partial charge < -0.3 is 15.5 Å². The summed E-state index contributed by atoms with van der Waals surface area (Å²) in [7, 11) is 0. The van der Waals surface area contributed by atoms with E-state index in [4.69, 9.17) is 11.6 Å². The molecule has 2 aromatic rings. The standard InChI is InChI=1S/C24H30ClN5O3/c1-3-29-22(32)20-14-19(21(31)26-13-12-16-8-10-17(25)11-9-16)28-30(20)15-24(29,2)23(33)27-18-6-4-5-7-18/h8-11,14,18H,3-7,12-13,15H2,1-2H3,(H,26,31)(H,27,33). The van der Waals surface area contributed by atoms with E-state index in [2.05, 4.69) is 15.7 Å². The Labute approximate surface area is 198 Å². The number of benzene rings is 1. The van der Waals surface area contributed by atoms with Crippen LogP contribution in [0.2, 0.25) is 5.02 Å². The lowest BCUT2D eigenvalue weighted by Gasteiger charge is -2.43. The van der Waals surface area contributed by atoms with E-state index in [1.165, 1.54) is 10.7 Å². The molecule has 1 saturated carbocycles. The third-order valence-corrected chi connectivity index (χ3v) is 6.89. The summed E-state index contributed by atoms with van der Waals surface area (Å²) in [5, 5.41) is 11.0. The largest absolute Gasteiger partial charge is 0.351 e. The number of aromatic nitrogens is 2. The molecule has 0 radical (unpaired) electrons. The molecule has 0 bridgehead atoms. The lowest BCUT2D eigenvalue weighted by molar-refractivity contribution is -0.133. The van der Waals surface area contributed by atoms with Crippen LogP contribution in [0.4, 0.5) is 0 Å². The highest BCUT2D eigenvalue weighted by molar-refractivity contribution is 6.30. The predicted molar refractivity (Wildman–Crippen MR) is 125 cm³/mol. The second-order valence-electron chi connectivity index (χ2n) is 8.98. The summed E-state index contributed by atoms with van der Waals surface area (Å²) in [6.07, 6.45) is 4.80. The summed E-state index contributed by atoms with van der Waals surface area (Å²) in [4.78, 5) is 40.7. The molecule has 4 rings (SSSR count). The van der Waals surface area contributed by atoms with Gasteiger partial charge in [-0.2, -0.15) is 5.10 Å². The van der Waals surface area contributed by atoms with Gasteiger partial charge in [0.1, 0.15) is 11.2 Å². The molecular formula is C24H30ClN5O3. The summed E-state index contributed by atoms with van der Waals surface area (Å²) in [6, 6.07) is 9.12. The van der Waals surface area contributed by atoms with Crippen molar-refractivity contribution in [1.29, 1.82) is 0 Å². The molecule has 176 valence electrons. The molecule has 1 unspecified atom stereocenters. The quantitative estimate of drug-likeness (QED) is 0.649. The summed E-state index contributed by atoms with van der Waals surface area (Å²) < 4.78 is 1.50. The van der Waals surface area contributed by atoms with Crippen LogP contribution in [0.1, 0.15) is 66.1 Å². The van der Waals surface area contributed by atoms with E-state index in [-0.39, 0.29) is 36.0 Å². The first-order valence-electron chi connectivity index (χ1n) is 11.5. The minimum atomic E-state index is -1.06. The van der Waals surface area contributed by atoms with E-state index in [1.807, 2.05) is 31.2 Å². The molecular weight excluding hydrogens is 442 g/mol. The highest BCUT2D eigenvalue weighted by atomic mass is 35.5. The van der Waals surface area contributed by atoms with Crippen molar-refractivity contribution in [2.24, 2.45) is 0 Å². The van der Waals surface area contributed by atoms with Gasteiger partial charge in [-0.25, -0.2) is 0 Å². The van der Waals surface area contributed by atoms with Gasteiger partial charge in [-0.3, -0.25) is 19.1 Å². The Morgan fingerprint density at radius 3 is 2.58 bits per heavy atom. The number of likely N-dealkylation sites (N-methyl/N-ethyl adjacent to an activating group) is 1. The van der Waals surface area contributed by atoms with Gasteiger partial charge in [0.2, 0.25) is 5.91 Å². The Bertz CT molecular complexity index is 1040. The fourth-order valence-electron chi connectivity index (χ4n) is 4.72. The first-order valence-corrected chi connectivity index (χ1v) is 11.9. The number of rotatable bonds is 7. The van der Waals surface area contributed by atoms with Gasteiger partial charge in [0.15, 0.2) is 5.69 Å². The molecule has 2 heterocycles. The van der Waals surface area contributed by atoms with E-state index in [1.54, 1.807) is 11.8 Å². The Morgan fingerprint density at radius 2 is 1.91 bits per heavy atom. The molecule has 33 heavy (non-hydrogen) atoms. The topological polar surface area (TPSA) is 96.3 Å². The third-order valence-electron chi connectivity index (χ3n) is 6.64. The van der Waals surface area contributed by atoms with Crippen LogP contribution in [0.15, 0.2) is 30.3 Å². The van der Waals surface area contributed by atoms with Gasteiger partial charge in [0.05, 0.1) is 6.54 Å². The molecule has 1 aliphatic heterocycles. The summed E-state index contributed by atoms with van der Waals surface area (Å²) in [6.45, 7) is 4.66. The number of amides is 3. The summed E-state index contributed by atoms with van der Waals surface area (Å²) in [5.41, 5.74) is 0.494. The molecule has 1 fully saturated rings. The van der Waals surface area contributed by atoms with Gasteiger partial charge in [-0.1, -0.05) is 36.6 Å². The second kappa shape index (κ2) is 9.55. The van der Waals surface area contributed by atoms with Crippen molar-refractivity contribution in [3.8, 4) is 0 Å². The molecule has 1 atom stereocenters. The van der Waals surface area contributed by atoms with Crippen molar-refractivity contribution in [3.63, 3.8) is 0 Å². The van der Waals surface area contributed by atoms with Crippen LogP contribution in [-0.4, -0.2) is 57.1 Å². The fourth-order valence-corrected chi connectivity index (χ4v) is 4.85. The van der Waals surface area contributed by atoms with Gasteiger partial charge in [-0.05, 0) is 50.8 Å². The van der Waals surface area contributed by atoms with Gasteiger partial charge in [0.25, 0.3) is 11.8 Å². The molecule has 1 aromatic heterocycles. The highest BCUT2D eigenvalue weighted by Gasteiger charge is 2.48. The molecule has 0 spiro atoms. The zero-order valence-corrected chi connectivity index (χ0v) is 19.8. The van der Waals surface area contributed by atoms with Crippen LogP contribution in [-0.2, 0) is 17.8 Å². The van der Waals surface area contributed by atoms with Crippen LogP contribution in [0.5, 0.6) is 0 Å². The lowest BCUT2D eigenvalue weighted by atomic mass is 9.94. The molecule has 1 aromatic carbocycles. The predicted octanol–water partition coefficient (Wildman–Crippen LogP) is 2.80. The molecule has 0 saturated heterocycles. The number of fused-ring (bicyclic) bond motifs is 1. The Hall–Kier alpha value is -2.87. The minimum Gasteiger partial charge on any atom is -0.351 e. The van der Waals surface area contributed by atoms with E-state index >= 15 is 0 Å². The lowest BCUT2D eigenvalue weighted by Crippen LogP contribution is -2.64. The second-order valence-corrected chi connectivity index (χ2v) is 9.42. The highest BCUT2D eigenvalue weighted by Crippen LogP contribution is 2.28. The first kappa shape index (κ1) is 23.3. The van der Waals surface area contributed by atoms with Crippen molar-refractivity contribution in [1.82, 2.24) is 25.3 Å². The maximum Gasteiger partial charge on any atom is 0.273 e. The number of carbonyl (C=O) groups is 3. The van der Waals surface area contributed by atoms with E-state index in [0.29, 0.717) is 30.2 Å². The number of halogens is 1. The van der Waals surface area contributed by atoms with E-state index in [9.17, 15) is 14.4 Å². The van der Waals surface area contributed by atoms with Crippen LogP contribution in [0.3, 0.4) is 0 Å². The molecule has 2 aliphatic rings. The van der Waals surface area contributed by atoms with Crippen LogP contribution in [0, 0.1) is 0 Å². The number of nitrogens with one attached hydrogen (secondary N) is 2. The smallest absolute Gasteiger partial charge is 0.273 e. The van der Waals surface area contributed by atoms with Gasteiger partial charge in [-0.15, -0.1) is 0 Å². The molecule has 3 amide bonds. The summed E-state index contributed by atoms with van der Waals surface area (Å²) in [5.74, 6) is -0.806. The zero-order valence-electron chi connectivity index (χ0n) is 19.1. The SMILES string of the molecule is CCN1C(=O)c2cc(C(=O)NCCc3ccc(Cl)cc3)nn2CC1(C)C(=O)NC1CCCC1. The zero-order chi connectivity index (χ0) is 23.6. The molecule has 8 nitrogen and oxygen atoms in total. The number of nitrogens with zero attached hydrogens (tertiary/aromatic N) is 3. The van der Waals surface area contributed by atoms with Crippen LogP contribution in [0.25, 0.3) is 0 Å². The molecule has 9 heteroatoms. The van der Waals surface area contributed by atoms with Crippen molar-refractivity contribution < 1.29 is 14.4 Å². The average molecular weight is 472 g/mol. The van der Waals surface area contributed by atoms with Gasteiger partial charge in [0, 0.05) is 30.2 Å². The number of carbonyl (C=O) groups excluding carboxylic acids is 3. The summed E-state index contributed by atoms with van der Waals surface area (Å²) >= 11 is 5.90. The van der Waals surface area contributed by atoms with E-state index < -0.39 is 5.54 Å².